The second-order valence-electron chi connectivity index (χ2n) is 5.31. The molecule has 0 saturated heterocycles. The molecule has 1 aromatic heterocycles. The minimum absolute atomic E-state index is 0.0244. The zero-order valence-corrected chi connectivity index (χ0v) is 13.5. The van der Waals surface area contributed by atoms with Crippen LogP contribution in [0, 0.1) is 0 Å². The Balaban J connectivity index is 1.66. The SMILES string of the molecule is COc1ccc2[nH]cc(CC(=O)NCc3ccc(Cl)cc3)c2c1. The van der Waals surface area contributed by atoms with E-state index in [1.54, 1.807) is 7.11 Å². The molecule has 5 heteroatoms. The van der Waals surface area contributed by atoms with Gasteiger partial charge in [0.25, 0.3) is 0 Å². The molecule has 0 fully saturated rings. The molecule has 3 aromatic rings. The number of amides is 1. The van der Waals surface area contributed by atoms with Gasteiger partial charge in [0.15, 0.2) is 0 Å². The molecule has 0 aliphatic carbocycles. The number of hydrogen-bond acceptors (Lipinski definition) is 2. The molecule has 2 aromatic carbocycles. The lowest BCUT2D eigenvalue weighted by molar-refractivity contribution is -0.120. The Labute approximate surface area is 139 Å². The maximum atomic E-state index is 12.2. The molecule has 0 unspecified atom stereocenters. The van der Waals surface area contributed by atoms with E-state index in [9.17, 15) is 4.79 Å². The topological polar surface area (TPSA) is 54.1 Å². The number of halogens is 1. The van der Waals surface area contributed by atoms with Crippen LogP contribution in [0.4, 0.5) is 0 Å². The van der Waals surface area contributed by atoms with E-state index in [2.05, 4.69) is 10.3 Å². The summed E-state index contributed by atoms with van der Waals surface area (Å²) in [5, 5.41) is 4.62. The molecule has 4 nitrogen and oxygen atoms in total. The summed E-state index contributed by atoms with van der Waals surface area (Å²) in [5.74, 6) is 0.753. The van der Waals surface area contributed by atoms with Gasteiger partial charge in [-0.15, -0.1) is 0 Å². The van der Waals surface area contributed by atoms with Crippen molar-refractivity contribution in [2.24, 2.45) is 0 Å². The Hall–Kier alpha value is -2.46. The Bertz CT molecular complexity index is 825. The van der Waals surface area contributed by atoms with Gasteiger partial charge in [0.1, 0.15) is 5.75 Å². The maximum Gasteiger partial charge on any atom is 0.224 e. The van der Waals surface area contributed by atoms with Crippen LogP contribution >= 0.6 is 11.6 Å². The largest absolute Gasteiger partial charge is 0.497 e. The minimum atomic E-state index is -0.0244. The summed E-state index contributed by atoms with van der Waals surface area (Å²) < 4.78 is 5.24. The third-order valence-corrected chi connectivity index (χ3v) is 3.98. The summed E-state index contributed by atoms with van der Waals surface area (Å²) in [7, 11) is 1.63. The number of aromatic amines is 1. The molecule has 0 spiro atoms. The Kier molecular flexibility index (Phi) is 4.53. The number of ether oxygens (including phenoxy) is 1. The smallest absolute Gasteiger partial charge is 0.224 e. The van der Waals surface area contributed by atoms with Gasteiger partial charge in [0, 0.05) is 28.7 Å². The molecule has 0 aliphatic rings. The monoisotopic (exact) mass is 328 g/mol. The fourth-order valence-corrected chi connectivity index (χ4v) is 2.60. The Morgan fingerprint density at radius 3 is 2.74 bits per heavy atom. The molecule has 1 heterocycles. The van der Waals surface area contributed by atoms with Gasteiger partial charge < -0.3 is 15.0 Å². The quantitative estimate of drug-likeness (QED) is 0.750. The van der Waals surface area contributed by atoms with E-state index in [0.717, 1.165) is 27.8 Å². The molecule has 1 amide bonds. The van der Waals surface area contributed by atoms with Gasteiger partial charge in [-0.25, -0.2) is 0 Å². The third kappa shape index (κ3) is 3.66. The van der Waals surface area contributed by atoms with Crippen molar-refractivity contribution in [1.82, 2.24) is 10.3 Å². The number of hydrogen-bond donors (Lipinski definition) is 2. The molecule has 0 bridgehead atoms. The molecule has 0 atom stereocenters. The van der Waals surface area contributed by atoms with Crippen LogP contribution in [0.1, 0.15) is 11.1 Å². The first-order valence-electron chi connectivity index (χ1n) is 7.31. The zero-order chi connectivity index (χ0) is 16.2. The van der Waals surface area contributed by atoms with E-state index in [1.807, 2.05) is 48.7 Å². The maximum absolute atomic E-state index is 12.2. The lowest BCUT2D eigenvalue weighted by Crippen LogP contribution is -2.24. The van der Waals surface area contributed by atoms with E-state index in [0.29, 0.717) is 18.0 Å². The molecule has 0 radical (unpaired) electrons. The lowest BCUT2D eigenvalue weighted by Gasteiger charge is -2.06. The van der Waals surface area contributed by atoms with Crippen LogP contribution in [0.5, 0.6) is 5.75 Å². The summed E-state index contributed by atoms with van der Waals surface area (Å²) >= 11 is 5.85. The number of benzene rings is 2. The van der Waals surface area contributed by atoms with E-state index >= 15 is 0 Å². The fraction of sp³-hybridized carbons (Fsp3) is 0.167. The van der Waals surface area contributed by atoms with Crippen LogP contribution in [0.3, 0.4) is 0 Å². The molecular formula is C18H17ClN2O2. The van der Waals surface area contributed by atoms with E-state index in [1.165, 1.54) is 0 Å². The second kappa shape index (κ2) is 6.75. The number of methoxy groups -OCH3 is 1. The first kappa shape index (κ1) is 15.4. The number of rotatable bonds is 5. The van der Waals surface area contributed by atoms with Crippen LogP contribution < -0.4 is 10.1 Å². The van der Waals surface area contributed by atoms with Gasteiger partial charge in [0.05, 0.1) is 13.5 Å². The fourth-order valence-electron chi connectivity index (χ4n) is 2.47. The van der Waals surface area contributed by atoms with Crippen LogP contribution in [0.2, 0.25) is 5.02 Å². The normalized spacial score (nSPS) is 10.7. The highest BCUT2D eigenvalue weighted by atomic mass is 35.5. The predicted octanol–water partition coefficient (Wildman–Crippen LogP) is 3.69. The number of carbonyl (C=O) groups excluding carboxylic acids is 1. The summed E-state index contributed by atoms with van der Waals surface area (Å²) in [5.41, 5.74) is 2.96. The number of carbonyl (C=O) groups is 1. The molecule has 0 aliphatic heterocycles. The highest BCUT2D eigenvalue weighted by Crippen LogP contribution is 2.23. The van der Waals surface area contributed by atoms with Crippen molar-refractivity contribution in [2.45, 2.75) is 13.0 Å². The summed E-state index contributed by atoms with van der Waals surface area (Å²) in [6, 6.07) is 13.2. The van der Waals surface area contributed by atoms with Gasteiger partial charge in [-0.3, -0.25) is 4.79 Å². The highest BCUT2D eigenvalue weighted by Gasteiger charge is 2.09. The molecule has 23 heavy (non-hydrogen) atoms. The molecule has 3 rings (SSSR count). The van der Waals surface area contributed by atoms with Crippen LogP contribution in [0.25, 0.3) is 10.9 Å². The minimum Gasteiger partial charge on any atom is -0.497 e. The van der Waals surface area contributed by atoms with Gasteiger partial charge in [-0.1, -0.05) is 23.7 Å². The van der Waals surface area contributed by atoms with Crippen molar-refractivity contribution in [1.29, 1.82) is 0 Å². The van der Waals surface area contributed by atoms with Gasteiger partial charge in [-0.2, -0.15) is 0 Å². The third-order valence-electron chi connectivity index (χ3n) is 3.73. The highest BCUT2D eigenvalue weighted by molar-refractivity contribution is 6.30. The number of fused-ring (bicyclic) bond motifs is 1. The molecule has 118 valence electrons. The predicted molar refractivity (Wildman–Crippen MR) is 91.9 cm³/mol. The first-order chi connectivity index (χ1) is 11.2. The molecule has 0 saturated carbocycles. The van der Waals surface area contributed by atoms with Gasteiger partial charge in [-0.05, 0) is 41.5 Å². The van der Waals surface area contributed by atoms with Crippen molar-refractivity contribution < 1.29 is 9.53 Å². The Morgan fingerprint density at radius 2 is 2.00 bits per heavy atom. The van der Waals surface area contributed by atoms with Crippen molar-refractivity contribution in [3.8, 4) is 5.75 Å². The summed E-state index contributed by atoms with van der Waals surface area (Å²) in [6.45, 7) is 0.488. The summed E-state index contributed by atoms with van der Waals surface area (Å²) in [6.07, 6.45) is 2.19. The van der Waals surface area contributed by atoms with Crippen molar-refractivity contribution >= 4 is 28.4 Å². The standard InChI is InChI=1S/C18H17ClN2O2/c1-23-15-6-7-17-16(9-15)13(11-20-17)8-18(22)21-10-12-2-4-14(19)5-3-12/h2-7,9,11,20H,8,10H2,1H3,(H,21,22). The van der Waals surface area contributed by atoms with E-state index < -0.39 is 0 Å². The van der Waals surface area contributed by atoms with Crippen molar-refractivity contribution in [2.75, 3.05) is 7.11 Å². The molecule has 2 N–H and O–H groups in total. The van der Waals surface area contributed by atoms with Crippen molar-refractivity contribution in [3.63, 3.8) is 0 Å². The number of H-pyrrole nitrogens is 1. The van der Waals surface area contributed by atoms with Gasteiger partial charge in [0.2, 0.25) is 5.91 Å². The number of nitrogens with one attached hydrogen (secondary N) is 2. The molecular weight excluding hydrogens is 312 g/mol. The van der Waals surface area contributed by atoms with Crippen LogP contribution in [-0.4, -0.2) is 18.0 Å². The second-order valence-corrected chi connectivity index (χ2v) is 5.74. The summed E-state index contributed by atoms with van der Waals surface area (Å²) in [4.78, 5) is 15.3. The van der Waals surface area contributed by atoms with Crippen LogP contribution in [-0.2, 0) is 17.8 Å². The average Bonchev–Trinajstić information content (AvgIpc) is 2.96. The van der Waals surface area contributed by atoms with Crippen LogP contribution in [0.15, 0.2) is 48.7 Å². The number of aromatic nitrogens is 1. The van der Waals surface area contributed by atoms with E-state index in [4.69, 9.17) is 16.3 Å². The van der Waals surface area contributed by atoms with E-state index in [-0.39, 0.29) is 5.91 Å². The Morgan fingerprint density at radius 1 is 1.22 bits per heavy atom. The lowest BCUT2D eigenvalue weighted by atomic mass is 10.1. The average molecular weight is 329 g/mol. The first-order valence-corrected chi connectivity index (χ1v) is 7.68. The van der Waals surface area contributed by atoms with Gasteiger partial charge >= 0.3 is 0 Å². The van der Waals surface area contributed by atoms with Crippen molar-refractivity contribution in [3.05, 3.63) is 64.8 Å². The zero-order valence-electron chi connectivity index (χ0n) is 12.7.